The van der Waals surface area contributed by atoms with Gasteiger partial charge in [0.15, 0.2) is 0 Å². The summed E-state index contributed by atoms with van der Waals surface area (Å²) < 4.78 is 0. The number of nitriles is 1. The van der Waals surface area contributed by atoms with Crippen LogP contribution in [-0.2, 0) is 0 Å². The standard InChI is InChI=1S/C22H18N6O/c1-13-14(2)25-20-16(9-6-10-17(13)20)12-24-28-22-26-19(15-7-4-3-5-8-15)18(11-23)21(29)27-22/h3-10,12,25H,1-2H3,(H2,26,27,28,29). The van der Waals surface area contributed by atoms with Crippen LogP contribution in [0.3, 0.4) is 0 Å². The summed E-state index contributed by atoms with van der Waals surface area (Å²) in [4.78, 5) is 22.6. The Balaban J connectivity index is 1.68. The molecule has 0 bridgehead atoms. The third-order valence-corrected chi connectivity index (χ3v) is 4.83. The van der Waals surface area contributed by atoms with Gasteiger partial charge in [-0.1, -0.05) is 48.5 Å². The Morgan fingerprint density at radius 1 is 1.10 bits per heavy atom. The highest BCUT2D eigenvalue weighted by Crippen LogP contribution is 2.23. The fourth-order valence-corrected chi connectivity index (χ4v) is 3.21. The summed E-state index contributed by atoms with van der Waals surface area (Å²) in [5.74, 6) is 0.162. The Morgan fingerprint density at radius 3 is 2.66 bits per heavy atom. The molecule has 7 nitrogen and oxygen atoms in total. The van der Waals surface area contributed by atoms with Gasteiger partial charge in [-0.15, -0.1) is 0 Å². The van der Waals surface area contributed by atoms with Crippen LogP contribution in [-0.4, -0.2) is 21.2 Å². The zero-order valence-corrected chi connectivity index (χ0v) is 15.9. The molecule has 0 aliphatic rings. The quantitative estimate of drug-likeness (QED) is 0.368. The smallest absolute Gasteiger partial charge is 0.270 e. The molecule has 0 fully saturated rings. The molecule has 29 heavy (non-hydrogen) atoms. The summed E-state index contributed by atoms with van der Waals surface area (Å²) in [7, 11) is 0. The first-order valence-corrected chi connectivity index (χ1v) is 9.05. The van der Waals surface area contributed by atoms with Crippen molar-refractivity contribution in [2.75, 3.05) is 5.43 Å². The lowest BCUT2D eigenvalue weighted by molar-refractivity contribution is 1.08. The van der Waals surface area contributed by atoms with Crippen molar-refractivity contribution in [1.29, 1.82) is 5.26 Å². The van der Waals surface area contributed by atoms with Gasteiger partial charge in [0.2, 0.25) is 5.95 Å². The van der Waals surface area contributed by atoms with Gasteiger partial charge < -0.3 is 4.98 Å². The second-order valence-corrected chi connectivity index (χ2v) is 6.63. The van der Waals surface area contributed by atoms with Gasteiger partial charge in [-0.3, -0.25) is 9.78 Å². The lowest BCUT2D eigenvalue weighted by atomic mass is 10.1. The lowest BCUT2D eigenvalue weighted by Crippen LogP contribution is -2.16. The van der Waals surface area contributed by atoms with E-state index >= 15 is 0 Å². The molecule has 3 N–H and O–H groups in total. The van der Waals surface area contributed by atoms with Crippen LogP contribution in [0.4, 0.5) is 5.95 Å². The van der Waals surface area contributed by atoms with Crippen molar-refractivity contribution in [2.24, 2.45) is 5.10 Å². The van der Waals surface area contributed by atoms with E-state index in [1.54, 1.807) is 18.3 Å². The largest absolute Gasteiger partial charge is 0.358 e. The van der Waals surface area contributed by atoms with Crippen molar-refractivity contribution in [3.05, 3.63) is 81.3 Å². The van der Waals surface area contributed by atoms with E-state index in [0.29, 0.717) is 11.3 Å². The number of hydrogen-bond acceptors (Lipinski definition) is 5. The van der Waals surface area contributed by atoms with E-state index in [4.69, 9.17) is 0 Å². The SMILES string of the molecule is Cc1[nH]c2c(C=NNc3nc(-c4ccccc4)c(C#N)c(=O)[nH]3)cccc2c1C. The Labute approximate surface area is 166 Å². The van der Waals surface area contributed by atoms with Crippen molar-refractivity contribution in [2.45, 2.75) is 13.8 Å². The number of fused-ring (bicyclic) bond motifs is 1. The van der Waals surface area contributed by atoms with Gasteiger partial charge in [0.05, 0.1) is 17.4 Å². The molecular weight excluding hydrogens is 364 g/mol. The maximum Gasteiger partial charge on any atom is 0.270 e. The molecule has 0 saturated carbocycles. The van der Waals surface area contributed by atoms with Gasteiger partial charge in [-0.2, -0.15) is 10.4 Å². The Morgan fingerprint density at radius 2 is 1.90 bits per heavy atom. The summed E-state index contributed by atoms with van der Waals surface area (Å²) in [5.41, 5.74) is 7.43. The normalized spacial score (nSPS) is 11.1. The van der Waals surface area contributed by atoms with Crippen LogP contribution >= 0.6 is 0 Å². The second kappa shape index (κ2) is 7.44. The average Bonchev–Trinajstić information content (AvgIpc) is 3.03. The number of nitrogens with one attached hydrogen (secondary N) is 3. The lowest BCUT2D eigenvalue weighted by Gasteiger charge is -2.06. The van der Waals surface area contributed by atoms with E-state index in [1.807, 2.05) is 43.3 Å². The predicted octanol–water partition coefficient (Wildman–Crippen LogP) is 3.85. The first-order chi connectivity index (χ1) is 14.1. The second-order valence-electron chi connectivity index (χ2n) is 6.63. The molecule has 0 unspecified atom stereocenters. The third-order valence-electron chi connectivity index (χ3n) is 4.83. The van der Waals surface area contributed by atoms with Crippen molar-refractivity contribution in [3.8, 4) is 17.3 Å². The number of aromatic nitrogens is 3. The van der Waals surface area contributed by atoms with Crippen LogP contribution in [0.2, 0.25) is 0 Å². The molecule has 0 aliphatic carbocycles. The Kier molecular flexibility index (Phi) is 4.67. The molecule has 0 radical (unpaired) electrons. The first kappa shape index (κ1) is 18.2. The molecule has 0 atom stereocenters. The van der Waals surface area contributed by atoms with E-state index in [-0.39, 0.29) is 11.5 Å². The zero-order chi connectivity index (χ0) is 20.4. The van der Waals surface area contributed by atoms with Gasteiger partial charge in [0.1, 0.15) is 11.6 Å². The van der Waals surface area contributed by atoms with Crippen LogP contribution in [0, 0.1) is 25.2 Å². The molecule has 0 amide bonds. The molecule has 2 heterocycles. The number of aromatic amines is 2. The molecule has 7 heteroatoms. The molecule has 0 aliphatic heterocycles. The molecule has 0 saturated heterocycles. The molecule has 142 valence electrons. The maximum absolute atomic E-state index is 12.3. The fourth-order valence-electron chi connectivity index (χ4n) is 3.21. The van der Waals surface area contributed by atoms with Crippen LogP contribution in [0.15, 0.2) is 58.4 Å². The predicted molar refractivity (Wildman–Crippen MR) is 114 cm³/mol. The minimum Gasteiger partial charge on any atom is -0.358 e. The van der Waals surface area contributed by atoms with E-state index in [9.17, 15) is 10.1 Å². The number of hydrazone groups is 1. The minimum absolute atomic E-state index is 0.0344. The third kappa shape index (κ3) is 3.39. The summed E-state index contributed by atoms with van der Waals surface area (Å²) in [6.45, 7) is 4.11. The van der Waals surface area contributed by atoms with Gasteiger partial charge in [0.25, 0.3) is 5.56 Å². The summed E-state index contributed by atoms with van der Waals surface area (Å²) in [6.07, 6.45) is 1.66. The maximum atomic E-state index is 12.3. The van der Waals surface area contributed by atoms with E-state index in [2.05, 4.69) is 38.5 Å². The summed E-state index contributed by atoms with van der Waals surface area (Å²) in [5, 5.41) is 14.7. The number of para-hydroxylation sites is 1. The highest BCUT2D eigenvalue weighted by atomic mass is 16.1. The molecule has 2 aromatic carbocycles. The Bertz CT molecular complexity index is 1330. The summed E-state index contributed by atoms with van der Waals surface area (Å²) >= 11 is 0. The minimum atomic E-state index is -0.517. The van der Waals surface area contributed by atoms with Crippen molar-refractivity contribution < 1.29 is 0 Å². The monoisotopic (exact) mass is 382 g/mol. The molecule has 2 aromatic heterocycles. The zero-order valence-electron chi connectivity index (χ0n) is 15.9. The van der Waals surface area contributed by atoms with E-state index in [1.165, 1.54) is 5.56 Å². The van der Waals surface area contributed by atoms with E-state index < -0.39 is 5.56 Å². The Hall–Kier alpha value is -4.18. The average molecular weight is 382 g/mol. The fraction of sp³-hybridized carbons (Fsp3) is 0.0909. The van der Waals surface area contributed by atoms with Crippen molar-refractivity contribution >= 4 is 23.1 Å². The number of benzene rings is 2. The molecule has 0 spiro atoms. The van der Waals surface area contributed by atoms with Crippen LogP contribution in [0.1, 0.15) is 22.4 Å². The van der Waals surface area contributed by atoms with Crippen LogP contribution in [0.25, 0.3) is 22.2 Å². The van der Waals surface area contributed by atoms with Crippen LogP contribution in [0.5, 0.6) is 0 Å². The highest BCUT2D eigenvalue weighted by Gasteiger charge is 2.13. The van der Waals surface area contributed by atoms with Gasteiger partial charge in [-0.25, -0.2) is 10.4 Å². The molecule has 4 aromatic rings. The molecular formula is C22H18N6O. The number of nitrogens with zero attached hydrogens (tertiary/aromatic N) is 3. The number of hydrogen-bond donors (Lipinski definition) is 3. The van der Waals surface area contributed by atoms with Gasteiger partial charge >= 0.3 is 0 Å². The van der Waals surface area contributed by atoms with Gasteiger partial charge in [0, 0.05) is 22.2 Å². The first-order valence-electron chi connectivity index (χ1n) is 9.05. The van der Waals surface area contributed by atoms with Crippen LogP contribution < -0.4 is 11.0 Å². The number of H-pyrrole nitrogens is 2. The highest BCUT2D eigenvalue weighted by molar-refractivity contribution is 5.99. The van der Waals surface area contributed by atoms with Crippen molar-refractivity contribution in [3.63, 3.8) is 0 Å². The topological polar surface area (TPSA) is 110 Å². The number of anilines is 1. The van der Waals surface area contributed by atoms with Gasteiger partial charge in [-0.05, 0) is 19.4 Å². The van der Waals surface area contributed by atoms with Crippen molar-refractivity contribution in [1.82, 2.24) is 15.0 Å². The molecule has 4 rings (SSSR count). The summed E-state index contributed by atoms with van der Waals surface area (Å²) in [6, 6.07) is 17.0. The number of aryl methyl sites for hydroxylation is 2. The number of rotatable bonds is 4. The van der Waals surface area contributed by atoms with E-state index in [0.717, 1.165) is 22.2 Å².